The SMILES string of the molecule is CC(C)C(CC1CCCCC1)C(=O)N1CCC(N)CC1. The van der Waals surface area contributed by atoms with Gasteiger partial charge in [0, 0.05) is 25.0 Å². The van der Waals surface area contributed by atoms with Crippen LogP contribution in [-0.2, 0) is 4.79 Å². The van der Waals surface area contributed by atoms with E-state index in [2.05, 4.69) is 18.7 Å². The van der Waals surface area contributed by atoms with Gasteiger partial charge in [-0.05, 0) is 31.1 Å². The lowest BCUT2D eigenvalue weighted by atomic mass is 9.78. The molecule has 2 aliphatic rings. The van der Waals surface area contributed by atoms with Crippen molar-refractivity contribution in [2.24, 2.45) is 23.5 Å². The van der Waals surface area contributed by atoms with Crippen molar-refractivity contribution in [1.29, 1.82) is 0 Å². The van der Waals surface area contributed by atoms with E-state index in [4.69, 9.17) is 5.73 Å². The highest BCUT2D eigenvalue weighted by Crippen LogP contribution is 2.32. The van der Waals surface area contributed by atoms with Gasteiger partial charge in [-0.15, -0.1) is 0 Å². The van der Waals surface area contributed by atoms with Gasteiger partial charge < -0.3 is 10.6 Å². The standard InChI is InChI=1S/C17H32N2O/c1-13(2)16(12-14-6-4-3-5-7-14)17(20)19-10-8-15(18)9-11-19/h13-16H,3-12,18H2,1-2H3. The van der Waals surface area contributed by atoms with Crippen molar-refractivity contribution in [2.75, 3.05) is 13.1 Å². The summed E-state index contributed by atoms with van der Waals surface area (Å²) in [4.78, 5) is 14.9. The van der Waals surface area contributed by atoms with E-state index in [1.54, 1.807) is 0 Å². The summed E-state index contributed by atoms with van der Waals surface area (Å²) in [5, 5.41) is 0. The lowest BCUT2D eigenvalue weighted by molar-refractivity contribution is -0.138. The van der Waals surface area contributed by atoms with Gasteiger partial charge in [-0.1, -0.05) is 46.0 Å². The molecule has 2 fully saturated rings. The molecule has 3 heteroatoms. The molecular formula is C17H32N2O. The molecule has 1 saturated heterocycles. The van der Waals surface area contributed by atoms with E-state index in [0.717, 1.165) is 38.3 Å². The Morgan fingerprint density at radius 2 is 1.70 bits per heavy atom. The van der Waals surface area contributed by atoms with Crippen LogP contribution in [0.4, 0.5) is 0 Å². The maximum Gasteiger partial charge on any atom is 0.225 e. The molecule has 20 heavy (non-hydrogen) atoms. The molecule has 0 spiro atoms. The van der Waals surface area contributed by atoms with E-state index >= 15 is 0 Å². The fraction of sp³-hybridized carbons (Fsp3) is 0.941. The first-order valence-corrected chi connectivity index (χ1v) is 8.62. The number of hydrogen-bond donors (Lipinski definition) is 1. The number of piperidine rings is 1. The quantitative estimate of drug-likeness (QED) is 0.859. The number of hydrogen-bond acceptors (Lipinski definition) is 2. The molecule has 1 aliphatic heterocycles. The molecule has 2 N–H and O–H groups in total. The van der Waals surface area contributed by atoms with Crippen LogP contribution in [-0.4, -0.2) is 29.9 Å². The Bertz CT molecular complexity index is 302. The minimum absolute atomic E-state index is 0.229. The summed E-state index contributed by atoms with van der Waals surface area (Å²) in [6.45, 7) is 6.16. The zero-order valence-corrected chi connectivity index (χ0v) is 13.3. The molecule has 3 nitrogen and oxygen atoms in total. The van der Waals surface area contributed by atoms with E-state index in [9.17, 15) is 4.79 Å². The van der Waals surface area contributed by atoms with Gasteiger partial charge in [0.1, 0.15) is 0 Å². The van der Waals surface area contributed by atoms with Crippen molar-refractivity contribution >= 4 is 5.91 Å². The number of carbonyl (C=O) groups is 1. The summed E-state index contributed by atoms with van der Waals surface area (Å²) in [5.41, 5.74) is 5.94. The van der Waals surface area contributed by atoms with Gasteiger partial charge in [0.25, 0.3) is 0 Å². The fourth-order valence-corrected chi connectivity index (χ4v) is 3.79. The third-order valence-corrected chi connectivity index (χ3v) is 5.29. The van der Waals surface area contributed by atoms with E-state index < -0.39 is 0 Å². The fourth-order valence-electron chi connectivity index (χ4n) is 3.79. The first-order chi connectivity index (χ1) is 9.58. The summed E-state index contributed by atoms with van der Waals surface area (Å²) in [5.74, 6) is 1.87. The molecule has 0 aromatic carbocycles. The van der Waals surface area contributed by atoms with Gasteiger partial charge in [-0.25, -0.2) is 0 Å². The normalized spacial score (nSPS) is 24.1. The number of rotatable bonds is 4. The third-order valence-electron chi connectivity index (χ3n) is 5.29. The molecule has 116 valence electrons. The summed E-state index contributed by atoms with van der Waals surface area (Å²) in [6.07, 6.45) is 9.84. The second-order valence-corrected chi connectivity index (χ2v) is 7.25. The van der Waals surface area contributed by atoms with Crippen LogP contribution in [0.15, 0.2) is 0 Å². The summed E-state index contributed by atoms with van der Waals surface area (Å²) < 4.78 is 0. The van der Waals surface area contributed by atoms with Crippen LogP contribution in [0, 0.1) is 17.8 Å². The van der Waals surface area contributed by atoms with Gasteiger partial charge in [-0.2, -0.15) is 0 Å². The van der Waals surface area contributed by atoms with E-state index in [-0.39, 0.29) is 5.92 Å². The molecule has 0 radical (unpaired) electrons. The molecule has 1 atom stereocenters. The maximum atomic E-state index is 12.8. The van der Waals surface area contributed by atoms with Crippen molar-refractivity contribution in [3.63, 3.8) is 0 Å². The predicted octanol–water partition coefficient (Wildman–Crippen LogP) is 3.18. The van der Waals surface area contributed by atoms with Gasteiger partial charge in [0.05, 0.1) is 0 Å². The lowest BCUT2D eigenvalue weighted by Crippen LogP contribution is -2.46. The topological polar surface area (TPSA) is 46.3 Å². The Morgan fingerprint density at radius 1 is 1.10 bits per heavy atom. The average molecular weight is 280 g/mol. The monoisotopic (exact) mass is 280 g/mol. The number of nitrogens with zero attached hydrogens (tertiary/aromatic N) is 1. The highest BCUT2D eigenvalue weighted by atomic mass is 16.2. The van der Waals surface area contributed by atoms with Crippen LogP contribution in [0.3, 0.4) is 0 Å². The van der Waals surface area contributed by atoms with E-state index in [1.807, 2.05) is 0 Å². The smallest absolute Gasteiger partial charge is 0.225 e. The van der Waals surface area contributed by atoms with Crippen LogP contribution in [0.25, 0.3) is 0 Å². The molecular weight excluding hydrogens is 248 g/mol. The zero-order chi connectivity index (χ0) is 14.5. The van der Waals surface area contributed by atoms with Crippen molar-refractivity contribution < 1.29 is 4.79 Å². The summed E-state index contributed by atoms with van der Waals surface area (Å²) >= 11 is 0. The third kappa shape index (κ3) is 4.21. The Balaban J connectivity index is 1.91. The highest BCUT2D eigenvalue weighted by molar-refractivity contribution is 5.79. The molecule has 1 amide bonds. The van der Waals surface area contributed by atoms with Gasteiger partial charge in [-0.3, -0.25) is 4.79 Å². The van der Waals surface area contributed by atoms with Gasteiger partial charge in [0.15, 0.2) is 0 Å². The molecule has 0 aromatic rings. The average Bonchev–Trinajstić information content (AvgIpc) is 2.45. The maximum absolute atomic E-state index is 12.8. The molecule has 0 bridgehead atoms. The Hall–Kier alpha value is -0.570. The van der Waals surface area contributed by atoms with E-state index in [1.165, 1.54) is 32.1 Å². The summed E-state index contributed by atoms with van der Waals surface area (Å²) in [6, 6.07) is 0.301. The Kier molecular flexibility index (Phi) is 5.88. The molecule has 2 rings (SSSR count). The van der Waals surface area contributed by atoms with Crippen LogP contribution in [0.2, 0.25) is 0 Å². The minimum Gasteiger partial charge on any atom is -0.342 e. The van der Waals surface area contributed by atoms with Crippen molar-refractivity contribution in [3.8, 4) is 0 Å². The van der Waals surface area contributed by atoms with Crippen LogP contribution >= 0.6 is 0 Å². The largest absolute Gasteiger partial charge is 0.342 e. The van der Waals surface area contributed by atoms with Crippen LogP contribution in [0.1, 0.15) is 65.2 Å². The van der Waals surface area contributed by atoms with Crippen LogP contribution in [0.5, 0.6) is 0 Å². The van der Waals surface area contributed by atoms with Crippen molar-refractivity contribution in [1.82, 2.24) is 4.90 Å². The van der Waals surface area contributed by atoms with Gasteiger partial charge in [0.2, 0.25) is 5.91 Å². The second kappa shape index (κ2) is 7.44. The molecule has 0 aromatic heterocycles. The number of amides is 1. The Labute approximate surface area is 124 Å². The molecule has 1 unspecified atom stereocenters. The van der Waals surface area contributed by atoms with Crippen LogP contribution < -0.4 is 5.73 Å². The lowest BCUT2D eigenvalue weighted by Gasteiger charge is -2.35. The molecule has 1 saturated carbocycles. The van der Waals surface area contributed by atoms with E-state index in [0.29, 0.717) is 17.9 Å². The molecule has 1 heterocycles. The number of nitrogens with two attached hydrogens (primary N) is 1. The first kappa shape index (κ1) is 15.8. The predicted molar refractivity (Wildman–Crippen MR) is 83.3 cm³/mol. The first-order valence-electron chi connectivity index (χ1n) is 8.62. The highest BCUT2D eigenvalue weighted by Gasteiger charge is 2.31. The Morgan fingerprint density at radius 3 is 2.25 bits per heavy atom. The molecule has 1 aliphatic carbocycles. The number of likely N-dealkylation sites (tertiary alicyclic amines) is 1. The van der Waals surface area contributed by atoms with Crippen molar-refractivity contribution in [3.05, 3.63) is 0 Å². The minimum atomic E-state index is 0.229. The summed E-state index contributed by atoms with van der Waals surface area (Å²) in [7, 11) is 0. The number of carbonyl (C=O) groups excluding carboxylic acids is 1. The van der Waals surface area contributed by atoms with Gasteiger partial charge >= 0.3 is 0 Å². The second-order valence-electron chi connectivity index (χ2n) is 7.25. The van der Waals surface area contributed by atoms with Crippen molar-refractivity contribution in [2.45, 2.75) is 71.3 Å². The zero-order valence-electron chi connectivity index (χ0n) is 13.3.